The Kier molecular flexibility index (Phi) is 2.23. The van der Waals surface area contributed by atoms with Gasteiger partial charge < -0.3 is 0 Å². The predicted molar refractivity (Wildman–Crippen MR) is 37.5 cm³/mol. The van der Waals surface area contributed by atoms with Gasteiger partial charge in [0.1, 0.15) is 6.07 Å². The van der Waals surface area contributed by atoms with Gasteiger partial charge in [0.05, 0.1) is 0 Å². The third-order valence-electron chi connectivity index (χ3n) is 2.15. The second-order valence-electron chi connectivity index (χ2n) is 2.97. The molecule has 1 aliphatic carbocycles. The standard InChI is InChI=1S/C8H10FNO/c9-8(7(11)6-10)4-2-1-3-5-8/h1-5H2. The molecule has 0 aromatic heterocycles. The number of alkyl halides is 1. The Bertz CT molecular complexity index is 201. The van der Waals surface area contributed by atoms with Crippen molar-refractivity contribution in [3.05, 3.63) is 0 Å². The smallest absolute Gasteiger partial charge is 0.268 e. The Morgan fingerprint density at radius 3 is 2.36 bits per heavy atom. The van der Waals surface area contributed by atoms with Gasteiger partial charge in [0.25, 0.3) is 5.78 Å². The van der Waals surface area contributed by atoms with Crippen LogP contribution in [0.15, 0.2) is 0 Å². The number of Topliss-reactive ketones (excluding diaryl/α,β-unsaturated/α-hetero) is 1. The van der Waals surface area contributed by atoms with Crippen LogP contribution in [0.4, 0.5) is 4.39 Å². The van der Waals surface area contributed by atoms with Crippen LogP contribution in [-0.2, 0) is 4.79 Å². The lowest BCUT2D eigenvalue weighted by molar-refractivity contribution is -0.126. The van der Waals surface area contributed by atoms with E-state index < -0.39 is 11.5 Å². The van der Waals surface area contributed by atoms with Crippen LogP contribution in [0.2, 0.25) is 0 Å². The van der Waals surface area contributed by atoms with Crippen molar-refractivity contribution in [3.8, 4) is 6.07 Å². The lowest BCUT2D eigenvalue weighted by Crippen LogP contribution is -2.34. The van der Waals surface area contributed by atoms with Crippen molar-refractivity contribution >= 4 is 5.78 Å². The predicted octanol–water partition coefficient (Wildman–Crippen LogP) is 1.75. The summed E-state index contributed by atoms with van der Waals surface area (Å²) < 4.78 is 13.4. The normalized spacial score (nSPS) is 22.2. The molecular weight excluding hydrogens is 145 g/mol. The van der Waals surface area contributed by atoms with Gasteiger partial charge in [-0.3, -0.25) is 4.79 Å². The summed E-state index contributed by atoms with van der Waals surface area (Å²) in [6, 6.07) is 1.36. The van der Waals surface area contributed by atoms with E-state index in [9.17, 15) is 9.18 Å². The molecule has 0 N–H and O–H groups in total. The largest absolute Gasteiger partial charge is 0.279 e. The van der Waals surface area contributed by atoms with Crippen LogP contribution < -0.4 is 0 Å². The fourth-order valence-electron chi connectivity index (χ4n) is 1.44. The van der Waals surface area contributed by atoms with E-state index in [2.05, 4.69) is 0 Å². The van der Waals surface area contributed by atoms with Crippen molar-refractivity contribution in [2.75, 3.05) is 0 Å². The first-order chi connectivity index (χ1) is 5.19. The SMILES string of the molecule is N#CC(=O)C1(F)CCCCC1. The zero-order valence-corrected chi connectivity index (χ0v) is 6.27. The maximum atomic E-state index is 13.4. The second kappa shape index (κ2) is 3.00. The molecule has 3 heteroatoms. The molecule has 0 aromatic carbocycles. The highest BCUT2D eigenvalue weighted by atomic mass is 19.1. The summed E-state index contributed by atoms with van der Waals surface area (Å²) in [6.45, 7) is 0. The van der Waals surface area contributed by atoms with Gasteiger partial charge >= 0.3 is 0 Å². The topological polar surface area (TPSA) is 40.9 Å². The fraction of sp³-hybridized carbons (Fsp3) is 0.750. The van der Waals surface area contributed by atoms with E-state index in [1.807, 2.05) is 0 Å². The molecule has 11 heavy (non-hydrogen) atoms. The number of hydrogen-bond acceptors (Lipinski definition) is 2. The third-order valence-corrected chi connectivity index (χ3v) is 2.15. The monoisotopic (exact) mass is 155 g/mol. The summed E-state index contributed by atoms with van der Waals surface area (Å²) in [5.74, 6) is -0.891. The average Bonchev–Trinajstić information content (AvgIpc) is 2.04. The molecule has 0 radical (unpaired) electrons. The van der Waals surface area contributed by atoms with Crippen LogP contribution in [0.25, 0.3) is 0 Å². The van der Waals surface area contributed by atoms with E-state index in [1.165, 1.54) is 6.07 Å². The van der Waals surface area contributed by atoms with E-state index >= 15 is 0 Å². The van der Waals surface area contributed by atoms with E-state index in [0.29, 0.717) is 0 Å². The van der Waals surface area contributed by atoms with Crippen molar-refractivity contribution < 1.29 is 9.18 Å². The van der Waals surface area contributed by atoms with Crippen LogP contribution in [0, 0.1) is 11.3 Å². The summed E-state index contributed by atoms with van der Waals surface area (Å²) in [7, 11) is 0. The summed E-state index contributed by atoms with van der Waals surface area (Å²) in [5, 5.41) is 8.21. The summed E-state index contributed by atoms with van der Waals surface area (Å²) >= 11 is 0. The average molecular weight is 155 g/mol. The lowest BCUT2D eigenvalue weighted by atomic mass is 9.84. The Balaban J connectivity index is 2.65. The van der Waals surface area contributed by atoms with Gasteiger partial charge in [0, 0.05) is 0 Å². The van der Waals surface area contributed by atoms with Gasteiger partial charge in [-0.2, -0.15) is 5.26 Å². The van der Waals surface area contributed by atoms with Gasteiger partial charge in [-0.05, 0) is 25.7 Å². The first-order valence-corrected chi connectivity index (χ1v) is 3.82. The van der Waals surface area contributed by atoms with Crippen molar-refractivity contribution in [2.45, 2.75) is 37.8 Å². The highest BCUT2D eigenvalue weighted by Gasteiger charge is 2.39. The Morgan fingerprint density at radius 2 is 1.91 bits per heavy atom. The molecule has 60 valence electrons. The van der Waals surface area contributed by atoms with Crippen molar-refractivity contribution in [1.29, 1.82) is 5.26 Å². The molecule has 1 saturated carbocycles. The molecule has 0 spiro atoms. The van der Waals surface area contributed by atoms with Crippen LogP contribution in [0.5, 0.6) is 0 Å². The van der Waals surface area contributed by atoms with Crippen LogP contribution >= 0.6 is 0 Å². The van der Waals surface area contributed by atoms with Crippen molar-refractivity contribution in [1.82, 2.24) is 0 Å². The maximum absolute atomic E-state index is 13.4. The van der Waals surface area contributed by atoms with Gasteiger partial charge in [0.15, 0.2) is 5.67 Å². The maximum Gasteiger partial charge on any atom is 0.268 e. The Morgan fingerprint density at radius 1 is 1.36 bits per heavy atom. The van der Waals surface area contributed by atoms with Gasteiger partial charge in [0.2, 0.25) is 0 Å². The minimum atomic E-state index is -1.81. The number of nitriles is 1. The lowest BCUT2D eigenvalue weighted by Gasteiger charge is -2.24. The molecule has 0 heterocycles. The molecule has 1 aliphatic rings. The zero-order chi connectivity index (χ0) is 8.32. The number of halogens is 1. The number of ketones is 1. The summed E-state index contributed by atoms with van der Waals surface area (Å²) in [4.78, 5) is 10.8. The first kappa shape index (κ1) is 8.19. The molecule has 0 aromatic rings. The fourth-order valence-corrected chi connectivity index (χ4v) is 1.44. The van der Waals surface area contributed by atoms with Crippen LogP contribution in [0.3, 0.4) is 0 Å². The highest BCUT2D eigenvalue weighted by molar-refractivity contribution is 6.00. The van der Waals surface area contributed by atoms with Crippen molar-refractivity contribution in [3.63, 3.8) is 0 Å². The first-order valence-electron chi connectivity index (χ1n) is 3.82. The van der Waals surface area contributed by atoms with Gasteiger partial charge in [-0.1, -0.05) is 6.42 Å². The summed E-state index contributed by atoms with van der Waals surface area (Å²) in [5.41, 5.74) is -1.81. The van der Waals surface area contributed by atoms with Crippen LogP contribution in [-0.4, -0.2) is 11.5 Å². The Labute approximate surface area is 65.0 Å². The molecule has 0 aliphatic heterocycles. The highest BCUT2D eigenvalue weighted by Crippen LogP contribution is 2.32. The van der Waals surface area contributed by atoms with Gasteiger partial charge in [-0.25, -0.2) is 4.39 Å². The van der Waals surface area contributed by atoms with E-state index in [4.69, 9.17) is 5.26 Å². The molecule has 2 nitrogen and oxygen atoms in total. The van der Waals surface area contributed by atoms with Crippen LogP contribution in [0.1, 0.15) is 32.1 Å². The van der Waals surface area contributed by atoms with E-state index in [-0.39, 0.29) is 12.8 Å². The zero-order valence-electron chi connectivity index (χ0n) is 6.27. The molecule has 0 saturated heterocycles. The molecule has 0 unspecified atom stereocenters. The number of carbonyl (C=O) groups is 1. The van der Waals surface area contributed by atoms with Gasteiger partial charge in [-0.15, -0.1) is 0 Å². The molecule has 0 atom stereocenters. The number of hydrogen-bond donors (Lipinski definition) is 0. The molecule has 0 amide bonds. The van der Waals surface area contributed by atoms with E-state index in [0.717, 1.165) is 19.3 Å². The van der Waals surface area contributed by atoms with Crippen molar-refractivity contribution in [2.24, 2.45) is 0 Å². The minimum Gasteiger partial charge on any atom is -0.279 e. The number of nitrogens with zero attached hydrogens (tertiary/aromatic N) is 1. The van der Waals surface area contributed by atoms with E-state index in [1.54, 1.807) is 0 Å². The minimum absolute atomic E-state index is 0.236. The molecule has 0 bridgehead atoms. The number of carbonyl (C=O) groups excluding carboxylic acids is 1. The Hall–Kier alpha value is -0.910. The molecule has 1 fully saturated rings. The third kappa shape index (κ3) is 1.56. The quantitative estimate of drug-likeness (QED) is 0.541. The second-order valence-corrected chi connectivity index (χ2v) is 2.97. The molecule has 1 rings (SSSR count). The molecular formula is C8H10FNO. The number of rotatable bonds is 1. The summed E-state index contributed by atoms with van der Waals surface area (Å²) in [6.07, 6.45) is 2.90.